The fraction of sp³-hybridized carbons (Fsp3) is 0.379. The van der Waals surface area contributed by atoms with Crippen molar-refractivity contribution in [2.45, 2.75) is 64.2 Å². The molecular formula is C29H21F11N2O5S2. The predicted molar refractivity (Wildman–Crippen MR) is 146 cm³/mol. The summed E-state index contributed by atoms with van der Waals surface area (Å²) >= 11 is 0. The molecule has 0 spiro atoms. The minimum Gasteiger partial charge on any atom is -0.337 e. The van der Waals surface area contributed by atoms with Gasteiger partial charge in [0.25, 0.3) is 0 Å². The number of pyridine rings is 1. The normalized spacial score (nSPS) is 20.6. The highest BCUT2D eigenvalue weighted by molar-refractivity contribution is 7.92. The van der Waals surface area contributed by atoms with Gasteiger partial charge in [0, 0.05) is 18.3 Å². The Balaban J connectivity index is 1.60. The summed E-state index contributed by atoms with van der Waals surface area (Å²) in [5, 5.41) is -0.913. The summed E-state index contributed by atoms with van der Waals surface area (Å²) in [6.45, 7) is -0.515. The Labute approximate surface area is 270 Å². The predicted octanol–water partition coefficient (Wildman–Crippen LogP) is 6.22. The van der Waals surface area contributed by atoms with E-state index < -0.39 is 125 Å². The molecule has 1 aromatic heterocycles. The molecule has 7 nitrogen and oxygen atoms in total. The number of carbonyl (C=O) groups excluding carboxylic acids is 1. The highest BCUT2D eigenvalue weighted by atomic mass is 32.2. The average molecular weight is 751 g/mol. The third-order valence-corrected chi connectivity index (χ3v) is 12.7. The topological polar surface area (TPSA) is 101 Å². The number of rotatable bonds is 6. The lowest BCUT2D eigenvalue weighted by molar-refractivity contribution is -0.348. The molecule has 0 N–H and O–H groups in total. The first kappa shape index (κ1) is 36.5. The third-order valence-electron chi connectivity index (χ3n) is 8.69. The lowest BCUT2D eigenvalue weighted by atomic mass is 9.77. The van der Waals surface area contributed by atoms with Crippen LogP contribution in [0.25, 0.3) is 0 Å². The van der Waals surface area contributed by atoms with Crippen LogP contribution in [0.1, 0.15) is 35.1 Å². The molecule has 1 amide bonds. The molecule has 1 aliphatic carbocycles. The van der Waals surface area contributed by atoms with Gasteiger partial charge in [0.15, 0.2) is 14.9 Å². The van der Waals surface area contributed by atoms with Crippen molar-refractivity contribution >= 4 is 25.6 Å². The molecule has 1 saturated heterocycles. The summed E-state index contributed by atoms with van der Waals surface area (Å²) in [6.07, 6.45) is -19.1. The smallest absolute Gasteiger partial charge is 0.337 e. The molecule has 0 radical (unpaired) electrons. The highest BCUT2D eigenvalue weighted by Gasteiger charge is 2.74. The molecule has 0 saturated carbocycles. The number of aryl methyl sites for hydroxylation is 1. The van der Waals surface area contributed by atoms with Crippen LogP contribution >= 0.6 is 0 Å². The van der Waals surface area contributed by atoms with Crippen LogP contribution in [0.5, 0.6) is 0 Å². The quantitative estimate of drug-likeness (QED) is 0.219. The number of alkyl halides is 10. The van der Waals surface area contributed by atoms with Crippen molar-refractivity contribution in [1.29, 1.82) is 0 Å². The van der Waals surface area contributed by atoms with E-state index in [1.807, 2.05) is 0 Å². The molecule has 2 aliphatic rings. The van der Waals surface area contributed by atoms with Crippen molar-refractivity contribution in [2.75, 3.05) is 12.3 Å². The molecule has 1 aliphatic heterocycles. The molecule has 0 unspecified atom stereocenters. The SMILES string of the molecule is O=C(CS(=O)(=O)c1ccc(C(F)(F)F)cn1)N1CC[C@@]2(S(=O)(=O)c3ccc(F)cc3)c3ccc(C(F)(C(F)(F)F)C(F)(F)F)cc3CC[C@@H]12. The van der Waals surface area contributed by atoms with E-state index in [4.69, 9.17) is 0 Å². The lowest BCUT2D eigenvalue weighted by Gasteiger charge is -2.43. The number of nitrogens with zero attached hydrogens (tertiary/aromatic N) is 2. The van der Waals surface area contributed by atoms with Crippen molar-refractivity contribution in [3.05, 3.63) is 88.9 Å². The van der Waals surface area contributed by atoms with E-state index in [9.17, 15) is 69.9 Å². The number of benzene rings is 2. The van der Waals surface area contributed by atoms with Crippen LogP contribution in [0.15, 0.2) is 70.7 Å². The van der Waals surface area contributed by atoms with Crippen LogP contribution in [0.3, 0.4) is 0 Å². The van der Waals surface area contributed by atoms with Gasteiger partial charge in [-0.15, -0.1) is 0 Å². The van der Waals surface area contributed by atoms with E-state index in [0.717, 1.165) is 29.2 Å². The second-order valence-corrected chi connectivity index (χ2v) is 15.5. The van der Waals surface area contributed by atoms with Gasteiger partial charge in [-0.3, -0.25) is 4.79 Å². The summed E-state index contributed by atoms with van der Waals surface area (Å²) in [5.74, 6) is -3.51. The molecule has 0 bridgehead atoms. The van der Waals surface area contributed by atoms with Crippen molar-refractivity contribution in [2.24, 2.45) is 0 Å². The summed E-state index contributed by atoms with van der Waals surface area (Å²) in [6, 6.07) is 3.60. The lowest BCUT2D eigenvalue weighted by Crippen LogP contribution is -2.53. The Morgan fingerprint density at radius 3 is 1.96 bits per heavy atom. The molecule has 3 aromatic rings. The number of fused-ring (bicyclic) bond motifs is 3. The standard InChI is InChI=1S/C29H21F11N2O5S2/c30-19-4-6-20(7-5-19)49(46,47)25-11-12-42(24(43)15-48(44,45)23-10-3-18(14-41-23)27(32,33)34)22(25)9-1-16-13-17(2-8-21(16)25)26(31,28(35,36)37)29(38,39)40/h2-8,10,13-14,22H,1,9,11-12,15H2/t22-,25-/m1/s1. The first-order chi connectivity index (χ1) is 22.4. The van der Waals surface area contributed by atoms with E-state index in [0.29, 0.717) is 18.2 Å². The minimum absolute atomic E-state index is 0.134. The summed E-state index contributed by atoms with van der Waals surface area (Å²) in [4.78, 5) is 17.0. The van der Waals surface area contributed by atoms with Gasteiger partial charge >= 0.3 is 24.2 Å². The number of hydrogen-bond donors (Lipinski definition) is 0. The van der Waals surface area contributed by atoms with Crippen LogP contribution < -0.4 is 0 Å². The van der Waals surface area contributed by atoms with Gasteiger partial charge in [-0.1, -0.05) is 18.2 Å². The Kier molecular flexibility index (Phi) is 8.66. The zero-order chi connectivity index (χ0) is 36.6. The molecule has 1 fully saturated rings. The van der Waals surface area contributed by atoms with Gasteiger partial charge in [0.05, 0.1) is 16.5 Å². The maximum absolute atomic E-state index is 15.0. The average Bonchev–Trinajstić information content (AvgIpc) is 3.41. The fourth-order valence-electron chi connectivity index (χ4n) is 6.40. The van der Waals surface area contributed by atoms with Crippen molar-refractivity contribution in [1.82, 2.24) is 9.88 Å². The third kappa shape index (κ3) is 5.83. The van der Waals surface area contributed by atoms with Crippen molar-refractivity contribution in [3.8, 4) is 0 Å². The fourth-order valence-corrected chi connectivity index (χ4v) is 9.90. The van der Waals surface area contributed by atoms with Gasteiger partial charge in [0.1, 0.15) is 16.3 Å². The van der Waals surface area contributed by atoms with Crippen LogP contribution in [0, 0.1) is 5.82 Å². The first-order valence-electron chi connectivity index (χ1n) is 13.9. The summed E-state index contributed by atoms with van der Waals surface area (Å²) in [7, 11) is -9.58. The Morgan fingerprint density at radius 2 is 1.43 bits per heavy atom. The van der Waals surface area contributed by atoms with E-state index in [2.05, 4.69) is 4.98 Å². The summed E-state index contributed by atoms with van der Waals surface area (Å²) < 4.78 is 201. The molecule has 5 rings (SSSR count). The molecule has 2 aromatic carbocycles. The van der Waals surface area contributed by atoms with Gasteiger partial charge in [-0.2, -0.15) is 39.5 Å². The number of halogens is 11. The van der Waals surface area contributed by atoms with E-state index in [-0.39, 0.29) is 23.9 Å². The van der Waals surface area contributed by atoms with Crippen LogP contribution in [0.2, 0.25) is 0 Å². The van der Waals surface area contributed by atoms with Crippen LogP contribution in [0.4, 0.5) is 48.3 Å². The van der Waals surface area contributed by atoms with Gasteiger partial charge < -0.3 is 4.90 Å². The van der Waals surface area contributed by atoms with Crippen molar-refractivity contribution in [3.63, 3.8) is 0 Å². The molecule has 266 valence electrons. The van der Waals surface area contributed by atoms with Gasteiger partial charge in [-0.25, -0.2) is 30.6 Å². The number of aromatic nitrogens is 1. The number of likely N-dealkylation sites (tertiary alicyclic amines) is 1. The molecule has 49 heavy (non-hydrogen) atoms. The Bertz CT molecular complexity index is 1980. The Morgan fingerprint density at radius 1 is 0.837 bits per heavy atom. The van der Waals surface area contributed by atoms with Gasteiger partial charge in [-0.05, 0) is 66.8 Å². The van der Waals surface area contributed by atoms with Crippen molar-refractivity contribution < 1.29 is 69.9 Å². The van der Waals surface area contributed by atoms with Gasteiger partial charge in [0.2, 0.25) is 15.7 Å². The first-order valence-corrected chi connectivity index (χ1v) is 17.0. The zero-order valence-corrected chi connectivity index (χ0v) is 25.9. The van der Waals surface area contributed by atoms with E-state index >= 15 is 0 Å². The summed E-state index contributed by atoms with van der Waals surface area (Å²) in [5.41, 5.74) is -9.81. The zero-order valence-electron chi connectivity index (χ0n) is 24.3. The maximum Gasteiger partial charge on any atom is 0.435 e. The monoisotopic (exact) mass is 750 g/mol. The second-order valence-electron chi connectivity index (χ2n) is 11.4. The minimum atomic E-state index is -6.47. The molecule has 2 atom stereocenters. The van der Waals surface area contributed by atoms with E-state index in [1.54, 1.807) is 0 Å². The maximum atomic E-state index is 15.0. The molecular weight excluding hydrogens is 729 g/mol. The number of hydrogen-bond acceptors (Lipinski definition) is 6. The number of sulfone groups is 2. The van der Waals surface area contributed by atoms with Crippen LogP contribution in [-0.4, -0.2) is 63.3 Å². The molecule has 2 heterocycles. The number of amides is 1. The second kappa shape index (κ2) is 11.6. The Hall–Kier alpha value is -3.81. The largest absolute Gasteiger partial charge is 0.435 e. The van der Waals surface area contributed by atoms with E-state index in [1.165, 1.54) is 0 Å². The van der Waals surface area contributed by atoms with Crippen LogP contribution in [-0.2, 0) is 47.5 Å². The molecule has 20 heteroatoms. The highest BCUT2D eigenvalue weighted by Crippen LogP contribution is 2.56. The number of carbonyl (C=O) groups is 1.